The molecule has 1 heterocycles. The summed E-state index contributed by atoms with van der Waals surface area (Å²) in [6.45, 7) is 6.21. The van der Waals surface area contributed by atoms with Crippen molar-refractivity contribution in [2.45, 2.75) is 33.7 Å². The third-order valence-corrected chi connectivity index (χ3v) is 2.37. The van der Waals surface area contributed by atoms with Crippen LogP contribution in [0.25, 0.3) is 0 Å². The number of nitrogens with zero attached hydrogens (tertiary/aromatic N) is 3. The van der Waals surface area contributed by atoms with Gasteiger partial charge in [-0.15, -0.1) is 0 Å². The molecule has 0 spiro atoms. The number of carbonyl (C=O) groups excluding carboxylic acids is 1. The first kappa shape index (κ1) is 13.5. The maximum atomic E-state index is 11.9. The summed E-state index contributed by atoms with van der Waals surface area (Å²) >= 11 is 0. The number of amides is 1. The third-order valence-electron chi connectivity index (χ3n) is 2.37. The monoisotopic (exact) mass is 241 g/mol. The van der Waals surface area contributed by atoms with E-state index in [1.165, 1.54) is 9.58 Å². The van der Waals surface area contributed by atoms with E-state index in [2.05, 4.69) is 9.79 Å². The summed E-state index contributed by atoms with van der Waals surface area (Å²) in [6.07, 6.45) is 0.437. The van der Waals surface area contributed by atoms with Crippen molar-refractivity contribution in [2.24, 2.45) is 12.5 Å². The predicted molar refractivity (Wildman–Crippen MR) is 57.7 cm³/mol. The van der Waals surface area contributed by atoms with Gasteiger partial charge >= 0.3 is 0 Å². The maximum absolute atomic E-state index is 11.9. The van der Waals surface area contributed by atoms with Gasteiger partial charge in [0, 0.05) is 13.5 Å². The second-order valence-corrected chi connectivity index (χ2v) is 5.42. The van der Waals surface area contributed by atoms with E-state index in [4.69, 9.17) is 0 Å². The fourth-order valence-corrected chi connectivity index (χ4v) is 1.40. The highest BCUT2D eigenvalue weighted by atomic mass is 16.6. The Balaban J connectivity index is 2.67. The van der Waals surface area contributed by atoms with E-state index < -0.39 is 5.95 Å². The van der Waals surface area contributed by atoms with Crippen LogP contribution in [-0.2, 0) is 18.4 Å². The Kier molecular flexibility index (Phi) is 3.75. The molecule has 6 heteroatoms. The minimum Gasteiger partial charge on any atom is -0.539 e. The minimum absolute atomic E-state index is 0.00176. The molecule has 0 aliphatic heterocycles. The van der Waals surface area contributed by atoms with E-state index in [1.807, 2.05) is 20.8 Å². The van der Waals surface area contributed by atoms with Gasteiger partial charge in [0.05, 0.1) is 5.27 Å². The van der Waals surface area contributed by atoms with Crippen molar-refractivity contribution < 1.29 is 19.1 Å². The van der Waals surface area contributed by atoms with Gasteiger partial charge in [-0.1, -0.05) is 25.5 Å². The lowest BCUT2D eigenvalue weighted by Crippen LogP contribution is -2.39. The molecule has 0 aliphatic carbocycles. The van der Waals surface area contributed by atoms with E-state index in [0.29, 0.717) is 12.1 Å². The first-order valence-corrected chi connectivity index (χ1v) is 5.46. The normalized spacial score (nSPS) is 11.6. The van der Waals surface area contributed by atoms with E-state index in [9.17, 15) is 9.90 Å². The molecule has 1 aromatic rings. The molecule has 0 fully saturated rings. The first-order chi connectivity index (χ1) is 7.70. The molecule has 1 aromatic heterocycles. The Morgan fingerprint density at radius 1 is 1.53 bits per heavy atom. The SMILES string of the molecule is CN(Cc1c([O-])on[n+]1C)C(=O)CC(C)(C)C. The molecule has 1 rings (SSSR count). The van der Waals surface area contributed by atoms with Gasteiger partial charge < -0.3 is 14.5 Å². The minimum atomic E-state index is -0.497. The molecule has 1 amide bonds. The zero-order valence-corrected chi connectivity index (χ0v) is 11.0. The van der Waals surface area contributed by atoms with Crippen LogP contribution < -0.4 is 9.79 Å². The second-order valence-electron chi connectivity index (χ2n) is 5.42. The van der Waals surface area contributed by atoms with E-state index >= 15 is 0 Å². The average molecular weight is 241 g/mol. The molecule has 0 atom stereocenters. The van der Waals surface area contributed by atoms with Crippen LogP contribution in [-0.4, -0.2) is 23.1 Å². The van der Waals surface area contributed by atoms with Crippen molar-refractivity contribution in [3.8, 4) is 5.95 Å². The molecule has 0 radical (unpaired) electrons. The Morgan fingerprint density at radius 2 is 2.12 bits per heavy atom. The van der Waals surface area contributed by atoms with Gasteiger partial charge in [-0.3, -0.25) is 4.79 Å². The number of rotatable bonds is 3. The summed E-state index contributed by atoms with van der Waals surface area (Å²) in [7, 11) is 3.28. The Hall–Kier alpha value is -1.59. The lowest BCUT2D eigenvalue weighted by Gasteiger charge is -2.22. The second kappa shape index (κ2) is 4.73. The molecule has 0 bridgehead atoms. The topological polar surface area (TPSA) is 73.3 Å². The van der Waals surface area contributed by atoms with Crippen LogP contribution in [0.2, 0.25) is 0 Å². The van der Waals surface area contributed by atoms with Gasteiger partial charge in [-0.2, -0.15) is 0 Å². The van der Waals surface area contributed by atoms with Gasteiger partial charge in [0.2, 0.25) is 5.91 Å². The van der Waals surface area contributed by atoms with E-state index in [1.54, 1.807) is 14.1 Å². The van der Waals surface area contributed by atoms with E-state index in [-0.39, 0.29) is 17.9 Å². The van der Waals surface area contributed by atoms with Crippen LogP contribution >= 0.6 is 0 Å². The Labute approximate surface area is 101 Å². The molecule has 17 heavy (non-hydrogen) atoms. The first-order valence-electron chi connectivity index (χ1n) is 5.46. The van der Waals surface area contributed by atoms with Gasteiger partial charge in [-0.25, -0.2) is 0 Å². The largest absolute Gasteiger partial charge is 0.539 e. The van der Waals surface area contributed by atoms with Gasteiger partial charge in [-0.05, 0) is 5.41 Å². The molecule has 0 saturated carbocycles. The quantitative estimate of drug-likeness (QED) is 0.696. The maximum Gasteiger partial charge on any atom is 0.252 e. The van der Waals surface area contributed by atoms with Crippen LogP contribution in [0.4, 0.5) is 0 Å². The number of carbonyl (C=O) groups is 1. The third kappa shape index (κ3) is 3.72. The molecule has 96 valence electrons. The zero-order chi connectivity index (χ0) is 13.2. The van der Waals surface area contributed by atoms with Gasteiger partial charge in [0.15, 0.2) is 13.0 Å². The van der Waals surface area contributed by atoms with Gasteiger partial charge in [0.1, 0.15) is 6.54 Å². The molecule has 0 saturated heterocycles. The van der Waals surface area contributed by atoms with Crippen LogP contribution in [0.1, 0.15) is 32.9 Å². The highest BCUT2D eigenvalue weighted by Gasteiger charge is 2.22. The molecule has 6 nitrogen and oxygen atoms in total. The van der Waals surface area contributed by atoms with Crippen LogP contribution in [0.3, 0.4) is 0 Å². The zero-order valence-electron chi connectivity index (χ0n) is 11.0. The number of aromatic nitrogens is 2. The van der Waals surface area contributed by atoms with E-state index in [0.717, 1.165) is 0 Å². The lowest BCUT2D eigenvalue weighted by atomic mass is 9.92. The summed E-state index contributed by atoms with van der Waals surface area (Å²) in [5.41, 5.74) is 0.303. The molecule has 0 unspecified atom stereocenters. The number of hydrogen-bond donors (Lipinski definition) is 0. The lowest BCUT2D eigenvalue weighted by molar-refractivity contribution is -0.746. The summed E-state index contributed by atoms with van der Waals surface area (Å²) < 4.78 is 5.85. The predicted octanol–water partition coefficient (Wildman–Crippen LogP) is -0.0327. The van der Waals surface area contributed by atoms with Crippen LogP contribution in [0, 0.1) is 5.41 Å². The Morgan fingerprint density at radius 3 is 2.53 bits per heavy atom. The molecule has 0 N–H and O–H groups in total. The average Bonchev–Trinajstić information content (AvgIpc) is 2.46. The van der Waals surface area contributed by atoms with Gasteiger partial charge in [0.25, 0.3) is 5.69 Å². The summed E-state index contributed by atoms with van der Waals surface area (Å²) in [5.74, 6) is -0.499. The molecule has 0 aliphatic rings. The van der Waals surface area contributed by atoms with Crippen LogP contribution in [0.5, 0.6) is 5.95 Å². The fraction of sp³-hybridized carbons (Fsp3) is 0.727. The summed E-state index contributed by atoms with van der Waals surface area (Å²) in [6, 6.07) is 0. The van der Waals surface area contributed by atoms with Crippen molar-refractivity contribution in [1.29, 1.82) is 0 Å². The smallest absolute Gasteiger partial charge is 0.252 e. The number of aryl methyl sites for hydroxylation is 1. The van der Waals surface area contributed by atoms with Crippen molar-refractivity contribution in [3.05, 3.63) is 5.69 Å². The van der Waals surface area contributed by atoms with Crippen molar-refractivity contribution in [1.82, 2.24) is 10.2 Å². The Bertz CT molecular complexity index is 387. The summed E-state index contributed by atoms with van der Waals surface area (Å²) in [5, 5.41) is 14.8. The van der Waals surface area contributed by atoms with Crippen molar-refractivity contribution in [2.75, 3.05) is 7.05 Å². The standard InChI is InChI=1S/C11H19N3O3/c1-11(2,3)6-9(15)13(4)7-8-10(16)17-12-14(8)5/h6-7H2,1-5H3. The molecular weight excluding hydrogens is 222 g/mol. The molecular formula is C11H19N3O3. The highest BCUT2D eigenvalue weighted by Crippen LogP contribution is 2.20. The van der Waals surface area contributed by atoms with Crippen molar-refractivity contribution in [3.63, 3.8) is 0 Å². The molecule has 0 aromatic carbocycles. The van der Waals surface area contributed by atoms with Crippen LogP contribution in [0.15, 0.2) is 4.52 Å². The highest BCUT2D eigenvalue weighted by molar-refractivity contribution is 5.76. The fourth-order valence-electron chi connectivity index (χ4n) is 1.40. The number of hydrogen-bond acceptors (Lipinski definition) is 4. The van der Waals surface area contributed by atoms with Crippen molar-refractivity contribution >= 4 is 5.91 Å². The summed E-state index contributed by atoms with van der Waals surface area (Å²) in [4.78, 5) is 13.4.